The highest BCUT2D eigenvalue weighted by molar-refractivity contribution is 5.67. The van der Waals surface area contributed by atoms with E-state index >= 15 is 0 Å². The lowest BCUT2D eigenvalue weighted by atomic mass is 10.0. The first-order chi connectivity index (χ1) is 12.7. The zero-order valence-electron chi connectivity index (χ0n) is 16.4. The van der Waals surface area contributed by atoms with Gasteiger partial charge >= 0.3 is 6.09 Å². The maximum Gasteiger partial charge on any atom is 0.407 e. The van der Waals surface area contributed by atoms with Gasteiger partial charge in [0.2, 0.25) is 0 Å². The summed E-state index contributed by atoms with van der Waals surface area (Å²) in [5.74, 6) is 0.787. The Morgan fingerprint density at radius 1 is 1.04 bits per heavy atom. The molecule has 1 amide bonds. The molecule has 0 fully saturated rings. The molecule has 0 saturated carbocycles. The van der Waals surface area contributed by atoms with Crippen molar-refractivity contribution in [3.8, 4) is 5.75 Å². The molecule has 5 nitrogen and oxygen atoms in total. The zero-order chi connectivity index (χ0) is 19.9. The lowest BCUT2D eigenvalue weighted by molar-refractivity contribution is 0.109. The van der Waals surface area contributed by atoms with Crippen LogP contribution in [0, 0.1) is 0 Å². The maximum atomic E-state index is 12.1. The van der Waals surface area contributed by atoms with Gasteiger partial charge in [0.15, 0.2) is 0 Å². The Labute approximate surface area is 161 Å². The van der Waals surface area contributed by atoms with Crippen LogP contribution >= 0.6 is 0 Å². The molecule has 2 atom stereocenters. The van der Waals surface area contributed by atoms with E-state index in [9.17, 15) is 9.90 Å². The summed E-state index contributed by atoms with van der Waals surface area (Å²) in [5, 5.41) is 12.8. The quantitative estimate of drug-likeness (QED) is 0.769. The van der Waals surface area contributed by atoms with E-state index in [1.807, 2.05) is 75.4 Å². The third-order valence-corrected chi connectivity index (χ3v) is 3.90. The highest BCUT2D eigenvalue weighted by Crippen LogP contribution is 2.19. The molecule has 0 heterocycles. The molecule has 0 aliphatic carbocycles. The third-order valence-electron chi connectivity index (χ3n) is 3.90. The molecule has 0 radical (unpaired) electrons. The first-order valence-corrected chi connectivity index (χ1v) is 9.16. The van der Waals surface area contributed by atoms with Crippen molar-refractivity contribution < 1.29 is 19.4 Å². The number of carbonyl (C=O) groups excluding carboxylic acids is 1. The summed E-state index contributed by atoms with van der Waals surface area (Å²) >= 11 is 0. The van der Waals surface area contributed by atoms with Crippen LogP contribution in [0.15, 0.2) is 54.6 Å². The zero-order valence-corrected chi connectivity index (χ0v) is 16.4. The Bertz CT molecular complexity index is 705. The fourth-order valence-corrected chi connectivity index (χ4v) is 2.56. The molecule has 2 aromatic rings. The first-order valence-electron chi connectivity index (χ1n) is 9.16. The third kappa shape index (κ3) is 7.71. The number of alkyl carbamates (subject to hydrolysis) is 1. The van der Waals surface area contributed by atoms with E-state index in [0.717, 1.165) is 16.9 Å². The Hall–Kier alpha value is -2.53. The maximum absolute atomic E-state index is 12.1. The monoisotopic (exact) mass is 371 g/mol. The number of carbonyl (C=O) groups is 1. The standard InChI is InChI=1S/C22H29NO4/c1-16(24)20(23-21(25)26-15-18-8-6-5-7-9-18)14-17-10-12-19(13-11-17)27-22(2,3)4/h5-13,16,20,24H,14-15H2,1-4H3,(H,23,25)/t16-,20+/m1/s1. The van der Waals surface area contributed by atoms with E-state index in [-0.39, 0.29) is 12.2 Å². The van der Waals surface area contributed by atoms with Crippen LogP contribution in [0.25, 0.3) is 0 Å². The van der Waals surface area contributed by atoms with E-state index in [4.69, 9.17) is 9.47 Å². The van der Waals surface area contributed by atoms with Crippen molar-refractivity contribution in [2.75, 3.05) is 0 Å². The van der Waals surface area contributed by atoms with Crippen molar-refractivity contribution in [3.05, 3.63) is 65.7 Å². The molecule has 2 rings (SSSR count). The van der Waals surface area contributed by atoms with Crippen LogP contribution in [0.1, 0.15) is 38.8 Å². The smallest absolute Gasteiger partial charge is 0.407 e. The lowest BCUT2D eigenvalue weighted by Crippen LogP contribution is -2.43. The largest absolute Gasteiger partial charge is 0.488 e. The van der Waals surface area contributed by atoms with E-state index in [1.165, 1.54) is 0 Å². The summed E-state index contributed by atoms with van der Waals surface area (Å²) in [6, 6.07) is 16.7. The molecule has 2 N–H and O–H groups in total. The van der Waals surface area contributed by atoms with Crippen LogP contribution in [0.2, 0.25) is 0 Å². The minimum absolute atomic E-state index is 0.193. The molecule has 0 unspecified atom stereocenters. The number of hydrogen-bond donors (Lipinski definition) is 2. The van der Waals surface area contributed by atoms with Crippen molar-refractivity contribution in [2.45, 2.75) is 58.5 Å². The van der Waals surface area contributed by atoms with Crippen LogP contribution in [0.4, 0.5) is 4.79 Å². The van der Waals surface area contributed by atoms with Crippen LogP contribution in [0.3, 0.4) is 0 Å². The minimum atomic E-state index is -0.709. The molecular weight excluding hydrogens is 342 g/mol. The summed E-state index contributed by atoms with van der Waals surface area (Å²) in [6.07, 6.45) is -0.759. The molecule has 0 bridgehead atoms. The molecule has 0 aliphatic rings. The van der Waals surface area contributed by atoms with Crippen molar-refractivity contribution in [1.82, 2.24) is 5.32 Å². The van der Waals surface area contributed by atoms with Crippen molar-refractivity contribution >= 4 is 6.09 Å². The topological polar surface area (TPSA) is 67.8 Å². The highest BCUT2D eigenvalue weighted by atomic mass is 16.5. The van der Waals surface area contributed by atoms with Gasteiger partial charge in [-0.3, -0.25) is 0 Å². The van der Waals surface area contributed by atoms with E-state index in [2.05, 4.69) is 5.32 Å². The van der Waals surface area contributed by atoms with Gasteiger partial charge in [-0.15, -0.1) is 0 Å². The number of amides is 1. The molecule has 0 aromatic heterocycles. The molecule has 2 aromatic carbocycles. The second kappa shape index (κ2) is 9.42. The lowest BCUT2D eigenvalue weighted by Gasteiger charge is -2.23. The molecule has 0 saturated heterocycles. The average Bonchev–Trinajstić information content (AvgIpc) is 2.60. The molecule has 0 spiro atoms. The van der Waals surface area contributed by atoms with E-state index in [0.29, 0.717) is 6.42 Å². The van der Waals surface area contributed by atoms with Crippen LogP contribution < -0.4 is 10.1 Å². The van der Waals surface area contributed by atoms with Gasteiger partial charge in [-0.2, -0.15) is 0 Å². The first kappa shape index (κ1) is 20.8. The van der Waals surface area contributed by atoms with Crippen molar-refractivity contribution in [2.24, 2.45) is 0 Å². The fraction of sp³-hybridized carbons (Fsp3) is 0.409. The fourth-order valence-electron chi connectivity index (χ4n) is 2.56. The van der Waals surface area contributed by atoms with Gasteiger partial charge in [-0.25, -0.2) is 4.79 Å². The number of benzene rings is 2. The summed E-state index contributed by atoms with van der Waals surface area (Å²) in [7, 11) is 0. The van der Waals surface area contributed by atoms with Gasteiger partial charge in [0, 0.05) is 0 Å². The van der Waals surface area contributed by atoms with Gasteiger partial charge in [-0.05, 0) is 57.4 Å². The SMILES string of the molecule is C[C@@H](O)[C@H](Cc1ccc(OC(C)(C)C)cc1)NC(=O)OCc1ccccc1. The van der Waals surface area contributed by atoms with E-state index in [1.54, 1.807) is 6.92 Å². The Morgan fingerprint density at radius 2 is 1.67 bits per heavy atom. The second-order valence-electron chi connectivity index (χ2n) is 7.62. The Morgan fingerprint density at radius 3 is 2.22 bits per heavy atom. The summed E-state index contributed by atoms with van der Waals surface area (Å²) < 4.78 is 11.0. The summed E-state index contributed by atoms with van der Waals surface area (Å²) in [5.41, 5.74) is 1.65. The predicted molar refractivity (Wildman–Crippen MR) is 106 cm³/mol. The number of ether oxygens (including phenoxy) is 2. The number of aliphatic hydroxyl groups is 1. The van der Waals surface area contributed by atoms with Crippen LogP contribution in [-0.4, -0.2) is 28.9 Å². The molecule has 27 heavy (non-hydrogen) atoms. The molecule has 0 aliphatic heterocycles. The molecular formula is C22H29NO4. The summed E-state index contributed by atoms with van der Waals surface area (Å²) in [4.78, 5) is 12.1. The highest BCUT2D eigenvalue weighted by Gasteiger charge is 2.19. The Balaban J connectivity index is 1.90. The summed E-state index contributed by atoms with van der Waals surface area (Å²) in [6.45, 7) is 7.83. The molecule has 146 valence electrons. The van der Waals surface area contributed by atoms with Gasteiger partial charge in [0.25, 0.3) is 0 Å². The predicted octanol–water partition coefficient (Wildman–Crippen LogP) is 4.08. The average molecular weight is 371 g/mol. The van der Waals surface area contributed by atoms with Gasteiger partial charge < -0.3 is 19.9 Å². The van der Waals surface area contributed by atoms with Gasteiger partial charge in [-0.1, -0.05) is 42.5 Å². The van der Waals surface area contributed by atoms with Gasteiger partial charge in [0.1, 0.15) is 18.0 Å². The minimum Gasteiger partial charge on any atom is -0.488 e. The second-order valence-corrected chi connectivity index (χ2v) is 7.62. The normalized spacial score (nSPS) is 13.5. The number of rotatable bonds is 7. The number of aliphatic hydroxyl groups excluding tert-OH is 1. The van der Waals surface area contributed by atoms with Crippen LogP contribution in [-0.2, 0) is 17.8 Å². The van der Waals surface area contributed by atoms with Crippen LogP contribution in [0.5, 0.6) is 5.75 Å². The number of nitrogens with one attached hydrogen (secondary N) is 1. The van der Waals surface area contributed by atoms with Crippen molar-refractivity contribution in [1.29, 1.82) is 0 Å². The van der Waals surface area contributed by atoms with E-state index < -0.39 is 18.2 Å². The van der Waals surface area contributed by atoms with Crippen molar-refractivity contribution in [3.63, 3.8) is 0 Å². The Kier molecular flexibility index (Phi) is 7.25. The molecule has 5 heteroatoms. The number of hydrogen-bond acceptors (Lipinski definition) is 4. The van der Waals surface area contributed by atoms with Gasteiger partial charge in [0.05, 0.1) is 12.1 Å².